The Balaban J connectivity index is 2.28. The number of benzene rings is 1. The zero-order chi connectivity index (χ0) is 12.5. The molecule has 2 aromatic heterocycles. The van der Waals surface area contributed by atoms with Crippen molar-refractivity contribution in [2.24, 2.45) is 0 Å². The predicted octanol–water partition coefficient (Wildman–Crippen LogP) is 2.94. The molecule has 4 nitrogen and oxygen atoms in total. The molecule has 1 N–H and O–H groups in total. The lowest BCUT2D eigenvalue weighted by Gasteiger charge is -2.04. The highest BCUT2D eigenvalue weighted by Crippen LogP contribution is 2.32. The Morgan fingerprint density at radius 1 is 1.17 bits per heavy atom. The van der Waals surface area contributed by atoms with Gasteiger partial charge in [0.15, 0.2) is 0 Å². The predicted molar refractivity (Wildman–Crippen MR) is 70.6 cm³/mol. The van der Waals surface area contributed by atoms with Crippen molar-refractivity contribution in [1.29, 1.82) is 0 Å². The van der Waals surface area contributed by atoms with Crippen molar-refractivity contribution in [1.82, 2.24) is 15.0 Å². The van der Waals surface area contributed by atoms with E-state index in [1.165, 1.54) is 5.56 Å². The zero-order valence-corrected chi connectivity index (χ0v) is 10.3. The molecule has 1 aromatic carbocycles. The van der Waals surface area contributed by atoms with Crippen LogP contribution in [-0.2, 0) is 0 Å². The number of nitrogens with one attached hydrogen (secondary N) is 1. The molecule has 3 aromatic rings. The third-order valence-corrected chi connectivity index (χ3v) is 2.95. The standard InChI is InChI=1S/C14H13N3O/c1-9-3-4-12-10(7-9)11(8-17-12)13-14(18-2)16-6-5-15-13/h3-8,17H,1-2H3. The molecule has 0 saturated carbocycles. The lowest BCUT2D eigenvalue weighted by atomic mass is 10.1. The van der Waals surface area contributed by atoms with E-state index in [1.54, 1.807) is 19.5 Å². The summed E-state index contributed by atoms with van der Waals surface area (Å²) in [4.78, 5) is 11.8. The fourth-order valence-corrected chi connectivity index (χ4v) is 2.09. The van der Waals surface area contributed by atoms with Crippen LogP contribution in [0.2, 0.25) is 0 Å². The van der Waals surface area contributed by atoms with Gasteiger partial charge in [0.25, 0.3) is 0 Å². The van der Waals surface area contributed by atoms with Crippen LogP contribution >= 0.6 is 0 Å². The minimum Gasteiger partial charge on any atom is -0.479 e. The SMILES string of the molecule is COc1nccnc1-c1c[nH]c2ccc(C)cc12. The van der Waals surface area contributed by atoms with Gasteiger partial charge in [0.05, 0.1) is 7.11 Å². The maximum Gasteiger partial charge on any atom is 0.240 e. The minimum atomic E-state index is 0.542. The molecule has 0 aliphatic rings. The van der Waals surface area contributed by atoms with Crippen LogP contribution in [0.3, 0.4) is 0 Å². The van der Waals surface area contributed by atoms with Crippen molar-refractivity contribution in [3.05, 3.63) is 42.4 Å². The Hall–Kier alpha value is -2.36. The molecule has 0 atom stereocenters. The van der Waals surface area contributed by atoms with Crippen LogP contribution in [0, 0.1) is 6.92 Å². The number of ether oxygens (including phenoxy) is 1. The molecule has 0 amide bonds. The van der Waals surface area contributed by atoms with Crippen LogP contribution < -0.4 is 4.74 Å². The third-order valence-electron chi connectivity index (χ3n) is 2.95. The van der Waals surface area contributed by atoms with Gasteiger partial charge in [-0.05, 0) is 19.1 Å². The molecule has 0 unspecified atom stereocenters. The van der Waals surface area contributed by atoms with Gasteiger partial charge in [-0.15, -0.1) is 0 Å². The molecule has 3 rings (SSSR count). The number of fused-ring (bicyclic) bond motifs is 1. The van der Waals surface area contributed by atoms with E-state index in [0.717, 1.165) is 22.2 Å². The Bertz CT molecular complexity index is 703. The molecular weight excluding hydrogens is 226 g/mol. The van der Waals surface area contributed by atoms with Gasteiger partial charge >= 0.3 is 0 Å². The summed E-state index contributed by atoms with van der Waals surface area (Å²) >= 11 is 0. The molecule has 0 aliphatic heterocycles. The molecule has 0 spiro atoms. The Morgan fingerprint density at radius 2 is 2.00 bits per heavy atom. The van der Waals surface area contributed by atoms with E-state index < -0.39 is 0 Å². The van der Waals surface area contributed by atoms with E-state index in [2.05, 4.69) is 40.1 Å². The second kappa shape index (κ2) is 4.14. The van der Waals surface area contributed by atoms with Crippen molar-refractivity contribution in [3.8, 4) is 17.1 Å². The fraction of sp³-hybridized carbons (Fsp3) is 0.143. The summed E-state index contributed by atoms with van der Waals surface area (Å²) in [7, 11) is 1.60. The molecule has 0 radical (unpaired) electrons. The van der Waals surface area contributed by atoms with Crippen molar-refractivity contribution in [2.75, 3.05) is 7.11 Å². The number of hydrogen-bond donors (Lipinski definition) is 1. The van der Waals surface area contributed by atoms with Gasteiger partial charge in [-0.3, -0.25) is 0 Å². The molecule has 90 valence electrons. The molecular formula is C14H13N3O. The maximum atomic E-state index is 5.26. The molecule has 0 saturated heterocycles. The lowest BCUT2D eigenvalue weighted by Crippen LogP contribution is -1.93. The molecule has 2 heterocycles. The first-order chi connectivity index (χ1) is 8.79. The van der Waals surface area contributed by atoms with Gasteiger partial charge < -0.3 is 9.72 Å². The first-order valence-electron chi connectivity index (χ1n) is 5.72. The second-order valence-electron chi connectivity index (χ2n) is 4.17. The van der Waals surface area contributed by atoms with Crippen LogP contribution in [-0.4, -0.2) is 22.1 Å². The number of H-pyrrole nitrogens is 1. The first-order valence-corrected chi connectivity index (χ1v) is 5.72. The van der Waals surface area contributed by atoms with Gasteiger partial charge in [0, 0.05) is 35.1 Å². The highest BCUT2D eigenvalue weighted by molar-refractivity contribution is 5.95. The number of nitrogens with zero attached hydrogens (tertiary/aromatic N) is 2. The number of methoxy groups -OCH3 is 1. The number of aromatic amines is 1. The van der Waals surface area contributed by atoms with Crippen LogP contribution in [0.4, 0.5) is 0 Å². The molecule has 0 bridgehead atoms. The molecule has 0 aliphatic carbocycles. The zero-order valence-electron chi connectivity index (χ0n) is 10.3. The second-order valence-corrected chi connectivity index (χ2v) is 4.17. The Labute approximate surface area is 105 Å². The highest BCUT2D eigenvalue weighted by atomic mass is 16.5. The third kappa shape index (κ3) is 1.62. The summed E-state index contributed by atoms with van der Waals surface area (Å²) in [6.07, 6.45) is 5.24. The van der Waals surface area contributed by atoms with E-state index in [-0.39, 0.29) is 0 Å². The topological polar surface area (TPSA) is 50.8 Å². The van der Waals surface area contributed by atoms with Gasteiger partial charge in [-0.25, -0.2) is 9.97 Å². The number of hydrogen-bond acceptors (Lipinski definition) is 3. The summed E-state index contributed by atoms with van der Waals surface area (Å²) < 4.78 is 5.26. The smallest absolute Gasteiger partial charge is 0.240 e. The summed E-state index contributed by atoms with van der Waals surface area (Å²) in [6.45, 7) is 2.07. The summed E-state index contributed by atoms with van der Waals surface area (Å²) in [5, 5.41) is 1.13. The number of rotatable bonds is 2. The number of aryl methyl sites for hydroxylation is 1. The van der Waals surface area contributed by atoms with Gasteiger partial charge in [-0.1, -0.05) is 11.6 Å². The van der Waals surface area contributed by atoms with Crippen LogP contribution in [0.15, 0.2) is 36.8 Å². The minimum absolute atomic E-state index is 0.542. The van der Waals surface area contributed by atoms with Gasteiger partial charge in [-0.2, -0.15) is 0 Å². The van der Waals surface area contributed by atoms with Gasteiger partial charge in [0.1, 0.15) is 5.69 Å². The molecule has 4 heteroatoms. The van der Waals surface area contributed by atoms with E-state index in [9.17, 15) is 0 Å². The van der Waals surface area contributed by atoms with E-state index in [0.29, 0.717) is 5.88 Å². The summed E-state index contributed by atoms with van der Waals surface area (Å²) in [5.41, 5.74) is 4.07. The first kappa shape index (κ1) is 10.8. The largest absolute Gasteiger partial charge is 0.479 e. The van der Waals surface area contributed by atoms with E-state index in [4.69, 9.17) is 4.74 Å². The normalized spacial score (nSPS) is 10.8. The Morgan fingerprint density at radius 3 is 2.83 bits per heavy atom. The lowest BCUT2D eigenvalue weighted by molar-refractivity contribution is 0.398. The van der Waals surface area contributed by atoms with Crippen molar-refractivity contribution < 1.29 is 4.74 Å². The molecule has 18 heavy (non-hydrogen) atoms. The van der Waals surface area contributed by atoms with Crippen LogP contribution in [0.5, 0.6) is 5.88 Å². The Kier molecular flexibility index (Phi) is 2.48. The number of aromatic nitrogens is 3. The fourth-order valence-electron chi connectivity index (χ4n) is 2.09. The van der Waals surface area contributed by atoms with E-state index in [1.807, 2.05) is 6.20 Å². The summed E-state index contributed by atoms with van der Waals surface area (Å²) in [6, 6.07) is 6.28. The van der Waals surface area contributed by atoms with Crippen molar-refractivity contribution in [3.63, 3.8) is 0 Å². The average Bonchev–Trinajstić information content (AvgIpc) is 2.81. The van der Waals surface area contributed by atoms with Gasteiger partial charge in [0.2, 0.25) is 5.88 Å². The maximum absolute atomic E-state index is 5.26. The average molecular weight is 239 g/mol. The molecule has 0 fully saturated rings. The van der Waals surface area contributed by atoms with Crippen LogP contribution in [0.25, 0.3) is 22.2 Å². The monoisotopic (exact) mass is 239 g/mol. The van der Waals surface area contributed by atoms with E-state index >= 15 is 0 Å². The van der Waals surface area contributed by atoms with Crippen molar-refractivity contribution >= 4 is 10.9 Å². The highest BCUT2D eigenvalue weighted by Gasteiger charge is 2.12. The summed E-state index contributed by atoms with van der Waals surface area (Å²) in [5.74, 6) is 0.542. The van der Waals surface area contributed by atoms with Crippen molar-refractivity contribution in [2.45, 2.75) is 6.92 Å². The quantitative estimate of drug-likeness (QED) is 0.748. The van der Waals surface area contributed by atoms with Crippen LogP contribution in [0.1, 0.15) is 5.56 Å².